The molecule has 8 rings (SSSR count). The molecule has 1 atom stereocenters. The first kappa shape index (κ1) is 44.7. The van der Waals surface area contributed by atoms with Crippen molar-refractivity contribution in [3.8, 4) is 16.9 Å². The number of rotatable bonds is 14. The highest BCUT2D eigenvalue weighted by Gasteiger charge is 2.50. The second kappa shape index (κ2) is 18.3. The smallest absolute Gasteiger partial charge is 0.422 e. The molecule has 2 amide bonds. The third kappa shape index (κ3) is 9.93. The molecule has 0 radical (unpaired) electrons. The number of nitrogens with zero attached hydrogens (tertiary/aromatic N) is 4. The number of alkyl halides is 4. The summed E-state index contributed by atoms with van der Waals surface area (Å²) in [6.45, 7) is 4.72. The lowest BCUT2D eigenvalue weighted by molar-refractivity contribution is -0.153. The second-order valence-corrected chi connectivity index (χ2v) is 21.2. The maximum absolute atomic E-state index is 14.3. The van der Waals surface area contributed by atoms with Gasteiger partial charge in [0, 0.05) is 23.0 Å². The predicted octanol–water partition coefficient (Wildman–Crippen LogP) is 9.31. The van der Waals surface area contributed by atoms with Crippen molar-refractivity contribution in [3.05, 3.63) is 163 Å². The van der Waals surface area contributed by atoms with Gasteiger partial charge in [0.05, 0.1) is 31.3 Å². The van der Waals surface area contributed by atoms with E-state index in [1.54, 1.807) is 36.5 Å². The van der Waals surface area contributed by atoms with Crippen LogP contribution in [0.5, 0.6) is 5.75 Å². The fourth-order valence-electron chi connectivity index (χ4n) is 8.00. The van der Waals surface area contributed by atoms with Gasteiger partial charge in [0.2, 0.25) is 11.9 Å². The number of hydrogen-bond acceptors (Lipinski definition) is 7. The Morgan fingerprint density at radius 1 is 0.815 bits per heavy atom. The Balaban J connectivity index is 1.00. The molecule has 16 heteroatoms. The van der Waals surface area contributed by atoms with Crippen LogP contribution in [0.3, 0.4) is 0 Å². The normalized spacial score (nSPS) is 13.9. The molecule has 0 bridgehead atoms. The van der Waals surface area contributed by atoms with Gasteiger partial charge in [-0.3, -0.25) is 9.59 Å². The minimum atomic E-state index is -4.65. The van der Waals surface area contributed by atoms with Crippen molar-refractivity contribution in [2.75, 3.05) is 36.9 Å². The van der Waals surface area contributed by atoms with Crippen molar-refractivity contribution in [2.45, 2.75) is 44.1 Å². The summed E-state index contributed by atoms with van der Waals surface area (Å²) in [7, 11) is -3.03. The number of anilines is 3. The summed E-state index contributed by atoms with van der Waals surface area (Å²) in [5.41, 5.74) is 3.21. The van der Waals surface area contributed by atoms with Crippen LogP contribution < -0.4 is 25.7 Å². The second-order valence-electron chi connectivity index (χ2n) is 16.8. The van der Waals surface area contributed by atoms with E-state index in [1.165, 1.54) is 39.7 Å². The molecule has 1 aliphatic rings. The number of carbonyl (C=O) groups excluding carboxylic acids is 2. The Morgan fingerprint density at radius 2 is 1.45 bits per heavy atom. The van der Waals surface area contributed by atoms with Crippen molar-refractivity contribution in [1.29, 1.82) is 0 Å². The molecule has 2 aromatic heterocycles. The number of halogens is 5. The first-order valence-corrected chi connectivity index (χ1v) is 22.8. The number of carbonyl (C=O) groups is 2. The number of benzene rings is 5. The lowest BCUT2D eigenvalue weighted by Crippen LogP contribution is -2.67. The molecule has 1 fully saturated rings. The quantitative estimate of drug-likeness (QED) is 0.0828. The summed E-state index contributed by atoms with van der Waals surface area (Å²) in [6, 6.07) is 40.8. The SMILES string of the molecule is CC(C)(C)[Si](OCC(C(=O)Nc1ccc(-c2ccc3nc(Nc4ccc(C(=O)N5CC(F)C5)cc4OCC(F)(F)F)nn3c2)cc1)c1ccc(F)cc1)(c1ccccc1)c1ccccc1. The van der Waals surface area contributed by atoms with Gasteiger partial charge >= 0.3 is 6.18 Å². The zero-order valence-electron chi connectivity index (χ0n) is 35.7. The third-order valence-corrected chi connectivity index (χ3v) is 16.3. The average Bonchev–Trinajstić information content (AvgIpc) is 3.68. The standard InChI is InChI=1S/C49H45F5N6O4Si/c1-48(2,3)65(39-10-6-4-7-11-39,40-12-8-5-9-13-40)64-30-41(33-14-20-36(50)21-15-33)45(61)55-38-22-16-32(17-23-38)35-19-25-44-57-47(58-60(44)27-35)56-42-24-18-34(46(62)59-28-37(51)29-59)26-43(42)63-31-49(52,53)54/h4-27,37,41H,28-31H2,1-3H3,(H,55,61)(H,56,58). The first-order valence-electron chi connectivity index (χ1n) is 20.9. The van der Waals surface area contributed by atoms with E-state index in [1.807, 2.05) is 54.6 Å². The topological polar surface area (TPSA) is 110 Å². The molecule has 0 spiro atoms. The lowest BCUT2D eigenvalue weighted by Gasteiger charge is -2.43. The van der Waals surface area contributed by atoms with Crippen molar-refractivity contribution in [2.24, 2.45) is 0 Å². The maximum atomic E-state index is 14.3. The Morgan fingerprint density at radius 3 is 2.05 bits per heavy atom. The molecular weight excluding hydrogens is 860 g/mol. The van der Waals surface area contributed by atoms with Crippen LogP contribution in [0.1, 0.15) is 42.6 Å². The van der Waals surface area contributed by atoms with E-state index in [9.17, 15) is 31.5 Å². The van der Waals surface area contributed by atoms with Gasteiger partial charge in [0.25, 0.3) is 14.2 Å². The van der Waals surface area contributed by atoms with Gasteiger partial charge in [-0.25, -0.2) is 13.3 Å². The number of hydrogen-bond donors (Lipinski definition) is 2. The fraction of sp³-hybridized carbons (Fsp3) is 0.224. The predicted molar refractivity (Wildman–Crippen MR) is 242 cm³/mol. The molecule has 0 saturated carbocycles. The van der Waals surface area contributed by atoms with E-state index < -0.39 is 44.9 Å². The number of likely N-dealkylation sites (tertiary alicyclic amines) is 1. The summed E-state index contributed by atoms with van der Waals surface area (Å²) in [5, 5.41) is 12.2. The van der Waals surface area contributed by atoms with Crippen molar-refractivity contribution < 1.29 is 40.7 Å². The van der Waals surface area contributed by atoms with Gasteiger partial charge < -0.3 is 24.7 Å². The molecule has 1 saturated heterocycles. The number of aromatic nitrogens is 3. The van der Waals surface area contributed by atoms with Crippen molar-refractivity contribution in [1.82, 2.24) is 19.5 Å². The summed E-state index contributed by atoms with van der Waals surface area (Å²) >= 11 is 0. The van der Waals surface area contributed by atoms with E-state index in [4.69, 9.17) is 9.16 Å². The van der Waals surface area contributed by atoms with Crippen LogP contribution in [-0.4, -0.2) is 78.3 Å². The van der Waals surface area contributed by atoms with E-state index in [-0.39, 0.29) is 53.6 Å². The molecule has 2 N–H and O–H groups in total. The maximum Gasteiger partial charge on any atom is 0.422 e. The largest absolute Gasteiger partial charge is 0.482 e. The molecular formula is C49H45F5N6O4Si. The number of ether oxygens (including phenoxy) is 1. The fourth-order valence-corrected chi connectivity index (χ4v) is 12.6. The molecule has 1 unspecified atom stereocenters. The van der Waals surface area contributed by atoms with Crippen LogP contribution in [0.15, 0.2) is 146 Å². The van der Waals surface area contributed by atoms with E-state index in [2.05, 4.69) is 65.8 Å². The van der Waals surface area contributed by atoms with Gasteiger partial charge in [0.15, 0.2) is 12.3 Å². The van der Waals surface area contributed by atoms with Gasteiger partial charge in [-0.05, 0) is 81.1 Å². The Bertz CT molecular complexity index is 2740. The Labute approximate surface area is 373 Å². The molecule has 7 aromatic rings. The zero-order valence-corrected chi connectivity index (χ0v) is 36.7. The lowest BCUT2D eigenvalue weighted by atomic mass is 9.99. The molecule has 3 heterocycles. The van der Waals surface area contributed by atoms with Crippen LogP contribution in [0.25, 0.3) is 16.8 Å². The van der Waals surface area contributed by atoms with Crippen molar-refractivity contribution in [3.63, 3.8) is 0 Å². The van der Waals surface area contributed by atoms with Crippen molar-refractivity contribution >= 4 is 53.5 Å². The average molecular weight is 905 g/mol. The third-order valence-electron chi connectivity index (χ3n) is 11.3. The summed E-state index contributed by atoms with van der Waals surface area (Å²) in [6.07, 6.45) is -4.06. The highest BCUT2D eigenvalue weighted by molar-refractivity contribution is 6.99. The summed E-state index contributed by atoms with van der Waals surface area (Å²) in [5.74, 6) is -2.27. The summed E-state index contributed by atoms with van der Waals surface area (Å²) < 4.78 is 80.8. The molecule has 5 aromatic carbocycles. The summed E-state index contributed by atoms with van der Waals surface area (Å²) in [4.78, 5) is 32.8. The number of nitrogens with one attached hydrogen (secondary N) is 2. The monoisotopic (exact) mass is 904 g/mol. The minimum Gasteiger partial charge on any atom is -0.482 e. The first-order chi connectivity index (χ1) is 31.1. The van der Waals surface area contributed by atoms with Gasteiger partial charge in [-0.1, -0.05) is 106 Å². The van der Waals surface area contributed by atoms with Crippen LogP contribution in [0, 0.1) is 5.82 Å². The van der Waals surface area contributed by atoms with E-state index >= 15 is 0 Å². The van der Waals surface area contributed by atoms with Crippen LogP contribution >= 0.6 is 0 Å². The van der Waals surface area contributed by atoms with Crippen LogP contribution in [-0.2, 0) is 9.22 Å². The van der Waals surface area contributed by atoms with Gasteiger partial charge in [-0.2, -0.15) is 18.2 Å². The Kier molecular flexibility index (Phi) is 12.6. The molecule has 334 valence electrons. The zero-order chi connectivity index (χ0) is 45.9. The van der Waals surface area contributed by atoms with Gasteiger partial charge in [0.1, 0.15) is 17.7 Å². The number of fused-ring (bicyclic) bond motifs is 1. The van der Waals surface area contributed by atoms with Crippen LogP contribution in [0.2, 0.25) is 5.04 Å². The van der Waals surface area contributed by atoms with Crippen LogP contribution in [0.4, 0.5) is 39.3 Å². The number of amides is 2. The highest BCUT2D eigenvalue weighted by Crippen LogP contribution is 2.38. The number of pyridine rings is 1. The molecule has 65 heavy (non-hydrogen) atoms. The molecule has 0 aliphatic carbocycles. The molecule has 10 nitrogen and oxygen atoms in total. The highest BCUT2D eigenvalue weighted by atomic mass is 28.4. The van der Waals surface area contributed by atoms with E-state index in [0.29, 0.717) is 16.9 Å². The van der Waals surface area contributed by atoms with Gasteiger partial charge in [-0.15, -0.1) is 5.10 Å². The molecule has 1 aliphatic heterocycles. The minimum absolute atomic E-state index is 0.0329. The Hall–Kier alpha value is -6.91. The van der Waals surface area contributed by atoms with E-state index in [0.717, 1.165) is 21.5 Å².